The van der Waals surface area contributed by atoms with E-state index in [1.54, 1.807) is 0 Å². The summed E-state index contributed by atoms with van der Waals surface area (Å²) in [6.45, 7) is 0.364. The third-order valence-electron chi connectivity index (χ3n) is 1.55. The van der Waals surface area contributed by atoms with Gasteiger partial charge >= 0.3 is 11.9 Å². The topological polar surface area (TPSA) is 52.6 Å². The lowest BCUT2D eigenvalue weighted by Crippen LogP contribution is -2.11. The van der Waals surface area contributed by atoms with Gasteiger partial charge in [-0.3, -0.25) is 9.59 Å². The summed E-state index contributed by atoms with van der Waals surface area (Å²) < 4.78 is 9.47. The summed E-state index contributed by atoms with van der Waals surface area (Å²) >= 11 is 0. The zero-order valence-corrected chi connectivity index (χ0v) is 9.03. The van der Waals surface area contributed by atoms with Crippen LogP contribution in [0.5, 0.6) is 0 Å². The van der Waals surface area contributed by atoms with Crippen molar-refractivity contribution in [2.45, 2.75) is 25.7 Å². The van der Waals surface area contributed by atoms with Gasteiger partial charge < -0.3 is 9.47 Å². The van der Waals surface area contributed by atoms with E-state index >= 15 is 0 Å². The van der Waals surface area contributed by atoms with Crippen LogP contribution >= 0.6 is 0 Å². The van der Waals surface area contributed by atoms with Crippen LogP contribution in [0.15, 0.2) is 0 Å². The van der Waals surface area contributed by atoms with Gasteiger partial charge in [0.15, 0.2) is 0 Å². The third kappa shape index (κ3) is 8.65. The molecule has 0 fully saturated rings. The third-order valence-corrected chi connectivity index (χ3v) is 1.55. The lowest BCUT2D eigenvalue weighted by atomic mass is 10.3. The number of hydrogen-bond acceptors (Lipinski definition) is 4. The zero-order valence-electron chi connectivity index (χ0n) is 9.03. The van der Waals surface area contributed by atoms with E-state index in [0.29, 0.717) is 12.8 Å². The van der Waals surface area contributed by atoms with E-state index < -0.39 is 11.9 Å². The van der Waals surface area contributed by atoms with Gasteiger partial charge in [-0.15, -0.1) is 24.7 Å². The molecule has 86 valence electrons. The van der Waals surface area contributed by atoms with Gasteiger partial charge in [0, 0.05) is 12.8 Å². The molecular formula is C12H14O4. The predicted octanol–water partition coefficient (Wildman–Crippen LogP) is 0.900. The van der Waals surface area contributed by atoms with Crippen LogP contribution in [0.1, 0.15) is 25.7 Å². The van der Waals surface area contributed by atoms with Gasteiger partial charge in [0.25, 0.3) is 0 Å². The van der Waals surface area contributed by atoms with Gasteiger partial charge in [0.2, 0.25) is 0 Å². The molecule has 0 N–H and O–H groups in total. The number of carbonyl (C=O) groups excluding carboxylic acids is 2. The molecule has 0 radical (unpaired) electrons. The molecule has 0 aliphatic rings. The van der Waals surface area contributed by atoms with E-state index in [0.717, 1.165) is 0 Å². The number of ether oxygens (including phenoxy) is 2. The minimum atomic E-state index is -0.454. The maximum atomic E-state index is 11.0. The van der Waals surface area contributed by atoms with Gasteiger partial charge in [0.1, 0.15) is 13.2 Å². The summed E-state index contributed by atoms with van der Waals surface area (Å²) in [4.78, 5) is 22.0. The first-order valence-electron chi connectivity index (χ1n) is 4.89. The molecule has 0 rings (SSSR count). The van der Waals surface area contributed by atoms with Crippen LogP contribution in [0.4, 0.5) is 0 Å². The summed E-state index contributed by atoms with van der Waals surface area (Å²) in [6.07, 6.45) is 10.7. The van der Waals surface area contributed by atoms with Gasteiger partial charge in [-0.25, -0.2) is 0 Å². The van der Waals surface area contributed by atoms with E-state index in [9.17, 15) is 9.59 Å². The van der Waals surface area contributed by atoms with Crippen LogP contribution in [0.25, 0.3) is 0 Å². The first-order valence-corrected chi connectivity index (χ1v) is 4.89. The van der Waals surface area contributed by atoms with E-state index in [2.05, 4.69) is 11.8 Å². The van der Waals surface area contributed by atoms with Crippen molar-refractivity contribution in [2.75, 3.05) is 13.2 Å². The number of carbonyl (C=O) groups is 2. The van der Waals surface area contributed by atoms with Crippen LogP contribution in [0.3, 0.4) is 0 Å². The SMILES string of the molecule is C#CCCOC(=O)CCC(=O)OCCC#C. The predicted molar refractivity (Wildman–Crippen MR) is 58.1 cm³/mol. The molecule has 0 aromatic carbocycles. The Kier molecular flexibility index (Phi) is 8.44. The fourth-order valence-electron chi connectivity index (χ4n) is 0.796. The molecule has 0 spiro atoms. The van der Waals surface area contributed by atoms with Gasteiger partial charge in [-0.1, -0.05) is 0 Å². The molecule has 0 aliphatic heterocycles. The molecule has 0 saturated heterocycles. The average molecular weight is 222 g/mol. The Morgan fingerprint density at radius 2 is 1.25 bits per heavy atom. The molecule has 0 aliphatic carbocycles. The quantitative estimate of drug-likeness (QED) is 0.365. The average Bonchev–Trinajstić information content (AvgIpc) is 2.27. The standard InChI is InChI=1S/C12H14O4/c1-3-5-9-15-11(13)7-8-12(14)16-10-6-4-2/h1-2H,5-10H2. The first kappa shape index (κ1) is 14.1. The van der Waals surface area contributed by atoms with E-state index in [1.807, 2.05) is 0 Å². The molecule has 0 amide bonds. The second-order valence-electron chi connectivity index (χ2n) is 2.85. The van der Waals surface area contributed by atoms with Crippen molar-refractivity contribution in [3.05, 3.63) is 0 Å². The summed E-state index contributed by atoms with van der Waals surface area (Å²) in [6, 6.07) is 0. The molecule has 0 atom stereocenters. The Labute approximate surface area is 95.3 Å². The summed E-state index contributed by atoms with van der Waals surface area (Å²) in [7, 11) is 0. The smallest absolute Gasteiger partial charge is 0.306 e. The summed E-state index contributed by atoms with van der Waals surface area (Å²) in [5.41, 5.74) is 0. The van der Waals surface area contributed by atoms with Gasteiger partial charge in [-0.05, 0) is 0 Å². The number of rotatable bonds is 7. The number of esters is 2. The highest BCUT2D eigenvalue weighted by atomic mass is 16.5. The first-order chi connectivity index (χ1) is 7.70. The fraction of sp³-hybridized carbons (Fsp3) is 0.500. The fourth-order valence-corrected chi connectivity index (χ4v) is 0.796. The lowest BCUT2D eigenvalue weighted by Gasteiger charge is -2.03. The zero-order chi connectivity index (χ0) is 12.2. The molecular weight excluding hydrogens is 208 g/mol. The highest BCUT2D eigenvalue weighted by Crippen LogP contribution is 1.97. The molecule has 16 heavy (non-hydrogen) atoms. The van der Waals surface area contributed by atoms with Crippen molar-refractivity contribution in [1.29, 1.82) is 0 Å². The molecule has 0 bridgehead atoms. The van der Waals surface area contributed by atoms with Crippen LogP contribution in [-0.2, 0) is 19.1 Å². The van der Waals surface area contributed by atoms with Gasteiger partial charge in [0.05, 0.1) is 12.8 Å². The number of terminal acetylenes is 2. The Morgan fingerprint density at radius 1 is 0.875 bits per heavy atom. The van der Waals surface area contributed by atoms with Crippen LogP contribution < -0.4 is 0 Å². The Morgan fingerprint density at radius 3 is 1.56 bits per heavy atom. The normalized spacial score (nSPS) is 8.62. The van der Waals surface area contributed by atoms with Crippen molar-refractivity contribution in [2.24, 2.45) is 0 Å². The maximum absolute atomic E-state index is 11.0. The highest BCUT2D eigenvalue weighted by Gasteiger charge is 2.08. The van der Waals surface area contributed by atoms with E-state index in [-0.39, 0.29) is 26.1 Å². The maximum Gasteiger partial charge on any atom is 0.306 e. The summed E-state index contributed by atoms with van der Waals surface area (Å²) in [5, 5.41) is 0. The van der Waals surface area contributed by atoms with Crippen molar-refractivity contribution in [3.8, 4) is 24.7 Å². The molecule has 0 aromatic heterocycles. The van der Waals surface area contributed by atoms with Crippen molar-refractivity contribution in [1.82, 2.24) is 0 Å². The second-order valence-corrected chi connectivity index (χ2v) is 2.85. The molecule has 4 heteroatoms. The molecule has 4 nitrogen and oxygen atoms in total. The number of hydrogen-bond donors (Lipinski definition) is 0. The monoisotopic (exact) mass is 222 g/mol. The highest BCUT2D eigenvalue weighted by molar-refractivity contribution is 5.77. The van der Waals surface area contributed by atoms with Gasteiger partial charge in [-0.2, -0.15) is 0 Å². The summed E-state index contributed by atoms with van der Waals surface area (Å²) in [5.74, 6) is 3.76. The minimum Gasteiger partial charge on any atom is -0.465 e. The van der Waals surface area contributed by atoms with E-state index in [4.69, 9.17) is 22.3 Å². The van der Waals surface area contributed by atoms with Crippen molar-refractivity contribution in [3.63, 3.8) is 0 Å². The van der Waals surface area contributed by atoms with Crippen molar-refractivity contribution >= 4 is 11.9 Å². The Bertz CT molecular complexity index is 274. The van der Waals surface area contributed by atoms with Crippen LogP contribution in [0, 0.1) is 24.7 Å². The molecule has 0 unspecified atom stereocenters. The van der Waals surface area contributed by atoms with Crippen LogP contribution in [-0.4, -0.2) is 25.2 Å². The molecule has 0 heterocycles. The molecule has 0 saturated carbocycles. The lowest BCUT2D eigenvalue weighted by molar-refractivity contribution is -0.150. The molecule has 0 aromatic rings. The minimum absolute atomic E-state index is 0.000537. The van der Waals surface area contributed by atoms with E-state index in [1.165, 1.54) is 0 Å². The van der Waals surface area contributed by atoms with Crippen LogP contribution in [0.2, 0.25) is 0 Å². The second kappa shape index (κ2) is 9.61. The Balaban J connectivity index is 3.49. The largest absolute Gasteiger partial charge is 0.465 e. The Hall–Kier alpha value is -1.94. The van der Waals surface area contributed by atoms with Crippen molar-refractivity contribution < 1.29 is 19.1 Å².